The first kappa shape index (κ1) is 12.6. The number of hydrogen-bond acceptors (Lipinski definition) is 4. The molecule has 2 N–H and O–H groups in total. The van der Waals surface area contributed by atoms with Gasteiger partial charge in [-0.15, -0.1) is 11.3 Å². The van der Waals surface area contributed by atoms with Crippen molar-refractivity contribution in [3.8, 4) is 0 Å². The highest BCUT2D eigenvalue weighted by Gasteiger charge is 2.07. The number of nitrogens with zero attached hydrogens (tertiary/aromatic N) is 1. The smallest absolute Gasteiger partial charge is 0.110 e. The first-order chi connectivity index (χ1) is 7.24. The standard InChI is InChI=1S/C11H21N3S/c1-9-8-15-11(14-9)10(2)13-7-5-4-6-12-3/h8,10,12-13H,4-7H2,1-3H3. The number of rotatable bonds is 7. The highest BCUT2D eigenvalue weighted by atomic mass is 32.1. The SMILES string of the molecule is CNCCCCNC(C)c1nc(C)cs1. The highest BCUT2D eigenvalue weighted by molar-refractivity contribution is 7.09. The van der Waals surface area contributed by atoms with Crippen LogP contribution in [0.5, 0.6) is 0 Å². The van der Waals surface area contributed by atoms with Gasteiger partial charge in [0.1, 0.15) is 5.01 Å². The van der Waals surface area contributed by atoms with Crippen LogP contribution in [0, 0.1) is 6.92 Å². The quantitative estimate of drug-likeness (QED) is 0.701. The number of thiazole rings is 1. The predicted octanol–water partition coefficient (Wildman–Crippen LogP) is 2.10. The average molecular weight is 227 g/mol. The van der Waals surface area contributed by atoms with E-state index in [1.807, 2.05) is 14.0 Å². The summed E-state index contributed by atoms with van der Waals surface area (Å²) in [6.07, 6.45) is 2.45. The van der Waals surface area contributed by atoms with Crippen LogP contribution >= 0.6 is 11.3 Å². The third kappa shape index (κ3) is 4.73. The van der Waals surface area contributed by atoms with E-state index >= 15 is 0 Å². The van der Waals surface area contributed by atoms with Gasteiger partial charge < -0.3 is 10.6 Å². The van der Waals surface area contributed by atoms with Gasteiger partial charge in [-0.25, -0.2) is 4.98 Å². The summed E-state index contributed by atoms with van der Waals surface area (Å²) < 4.78 is 0. The Hall–Kier alpha value is -0.450. The maximum absolute atomic E-state index is 4.47. The molecule has 1 aromatic rings. The molecule has 1 aromatic heterocycles. The van der Waals surface area contributed by atoms with Gasteiger partial charge in [0, 0.05) is 11.1 Å². The minimum atomic E-state index is 0.387. The van der Waals surface area contributed by atoms with Crippen molar-refractivity contribution < 1.29 is 0 Å². The molecule has 0 aliphatic carbocycles. The predicted molar refractivity (Wildman–Crippen MR) is 66.4 cm³/mol. The summed E-state index contributed by atoms with van der Waals surface area (Å²) in [5.41, 5.74) is 1.12. The number of unbranched alkanes of at least 4 members (excludes halogenated alkanes) is 1. The molecule has 86 valence electrons. The molecule has 3 nitrogen and oxygen atoms in total. The second-order valence-corrected chi connectivity index (χ2v) is 4.70. The molecule has 0 aliphatic heterocycles. The van der Waals surface area contributed by atoms with Crippen molar-refractivity contribution in [2.45, 2.75) is 32.7 Å². The first-order valence-corrected chi connectivity index (χ1v) is 6.42. The molecule has 4 heteroatoms. The third-order valence-corrected chi connectivity index (χ3v) is 3.46. The highest BCUT2D eigenvalue weighted by Crippen LogP contribution is 2.17. The molecule has 1 rings (SSSR count). The molecular weight excluding hydrogens is 206 g/mol. The van der Waals surface area contributed by atoms with Gasteiger partial charge in [-0.3, -0.25) is 0 Å². The van der Waals surface area contributed by atoms with E-state index in [1.165, 1.54) is 17.8 Å². The van der Waals surface area contributed by atoms with Crippen LogP contribution in [0.4, 0.5) is 0 Å². The molecule has 0 radical (unpaired) electrons. The summed E-state index contributed by atoms with van der Waals surface area (Å²) in [6.45, 7) is 6.39. The van der Waals surface area contributed by atoms with Crippen LogP contribution < -0.4 is 10.6 Å². The van der Waals surface area contributed by atoms with E-state index in [4.69, 9.17) is 0 Å². The number of hydrogen-bond donors (Lipinski definition) is 2. The van der Waals surface area contributed by atoms with E-state index in [-0.39, 0.29) is 0 Å². The van der Waals surface area contributed by atoms with Crippen molar-refractivity contribution in [3.05, 3.63) is 16.1 Å². The molecule has 1 unspecified atom stereocenters. The van der Waals surface area contributed by atoms with Crippen LogP contribution in [-0.4, -0.2) is 25.1 Å². The minimum absolute atomic E-state index is 0.387. The van der Waals surface area contributed by atoms with Gasteiger partial charge in [0.2, 0.25) is 0 Å². The lowest BCUT2D eigenvalue weighted by Gasteiger charge is -2.10. The largest absolute Gasteiger partial charge is 0.320 e. The Labute approximate surface area is 96.3 Å². The zero-order valence-electron chi connectivity index (χ0n) is 9.84. The molecule has 0 amide bonds. The van der Waals surface area contributed by atoms with Crippen LogP contribution in [-0.2, 0) is 0 Å². The lowest BCUT2D eigenvalue weighted by Crippen LogP contribution is -2.20. The van der Waals surface area contributed by atoms with Crippen LogP contribution in [0.1, 0.15) is 36.5 Å². The topological polar surface area (TPSA) is 37.0 Å². The Morgan fingerprint density at radius 2 is 2.13 bits per heavy atom. The van der Waals surface area contributed by atoms with Gasteiger partial charge >= 0.3 is 0 Å². The fourth-order valence-corrected chi connectivity index (χ4v) is 2.23. The van der Waals surface area contributed by atoms with Gasteiger partial charge in [-0.05, 0) is 46.8 Å². The molecule has 1 heterocycles. The molecule has 15 heavy (non-hydrogen) atoms. The molecule has 0 aliphatic rings. The Kier molecular flexibility index (Phi) is 5.83. The van der Waals surface area contributed by atoms with Gasteiger partial charge in [0.25, 0.3) is 0 Å². The van der Waals surface area contributed by atoms with E-state index in [2.05, 4.69) is 27.9 Å². The average Bonchev–Trinajstić information content (AvgIpc) is 2.64. The second kappa shape index (κ2) is 6.93. The lowest BCUT2D eigenvalue weighted by molar-refractivity contribution is 0.538. The normalized spacial score (nSPS) is 13.0. The summed E-state index contributed by atoms with van der Waals surface area (Å²) in [5.74, 6) is 0. The summed E-state index contributed by atoms with van der Waals surface area (Å²) in [5, 5.41) is 9.95. The van der Waals surface area contributed by atoms with Crippen molar-refractivity contribution in [2.75, 3.05) is 20.1 Å². The zero-order chi connectivity index (χ0) is 11.1. The Morgan fingerprint density at radius 3 is 2.73 bits per heavy atom. The molecule has 0 aromatic carbocycles. The van der Waals surface area contributed by atoms with Gasteiger partial charge in [0.15, 0.2) is 0 Å². The number of aryl methyl sites for hydroxylation is 1. The van der Waals surface area contributed by atoms with Crippen molar-refractivity contribution in [2.24, 2.45) is 0 Å². The summed E-state index contributed by atoms with van der Waals surface area (Å²) in [6, 6.07) is 0.387. The maximum Gasteiger partial charge on any atom is 0.110 e. The van der Waals surface area contributed by atoms with Gasteiger partial charge in [-0.2, -0.15) is 0 Å². The number of aromatic nitrogens is 1. The summed E-state index contributed by atoms with van der Waals surface area (Å²) in [4.78, 5) is 4.47. The third-order valence-electron chi connectivity index (χ3n) is 2.31. The Morgan fingerprint density at radius 1 is 1.40 bits per heavy atom. The first-order valence-electron chi connectivity index (χ1n) is 5.54. The molecule has 0 bridgehead atoms. The van der Waals surface area contributed by atoms with E-state index in [0.29, 0.717) is 6.04 Å². The molecule has 0 spiro atoms. The van der Waals surface area contributed by atoms with Crippen LogP contribution in [0.15, 0.2) is 5.38 Å². The molecule has 0 saturated heterocycles. The van der Waals surface area contributed by atoms with Crippen LogP contribution in [0.25, 0.3) is 0 Å². The van der Waals surface area contributed by atoms with Crippen molar-refractivity contribution in [3.63, 3.8) is 0 Å². The van der Waals surface area contributed by atoms with Crippen molar-refractivity contribution in [1.82, 2.24) is 15.6 Å². The molecule has 1 atom stereocenters. The number of nitrogens with one attached hydrogen (secondary N) is 2. The summed E-state index contributed by atoms with van der Waals surface area (Å²) in [7, 11) is 1.99. The Bertz CT molecular complexity index is 273. The van der Waals surface area contributed by atoms with Crippen LogP contribution in [0.3, 0.4) is 0 Å². The van der Waals surface area contributed by atoms with Crippen molar-refractivity contribution >= 4 is 11.3 Å². The monoisotopic (exact) mass is 227 g/mol. The fourth-order valence-electron chi connectivity index (χ4n) is 1.40. The lowest BCUT2D eigenvalue weighted by atomic mass is 10.3. The van der Waals surface area contributed by atoms with Crippen molar-refractivity contribution in [1.29, 1.82) is 0 Å². The molecular formula is C11H21N3S. The van der Waals surface area contributed by atoms with E-state index in [1.54, 1.807) is 11.3 Å². The van der Waals surface area contributed by atoms with E-state index in [0.717, 1.165) is 18.8 Å². The van der Waals surface area contributed by atoms with Gasteiger partial charge in [0.05, 0.1) is 6.04 Å². The minimum Gasteiger partial charge on any atom is -0.320 e. The fraction of sp³-hybridized carbons (Fsp3) is 0.727. The van der Waals surface area contributed by atoms with Crippen LogP contribution in [0.2, 0.25) is 0 Å². The second-order valence-electron chi connectivity index (χ2n) is 3.81. The summed E-state index contributed by atoms with van der Waals surface area (Å²) >= 11 is 1.74. The Balaban J connectivity index is 2.16. The van der Waals surface area contributed by atoms with E-state index in [9.17, 15) is 0 Å². The zero-order valence-corrected chi connectivity index (χ0v) is 10.7. The maximum atomic E-state index is 4.47. The molecule has 0 saturated carbocycles. The molecule has 0 fully saturated rings. The van der Waals surface area contributed by atoms with Gasteiger partial charge in [-0.1, -0.05) is 0 Å². The van der Waals surface area contributed by atoms with E-state index < -0.39 is 0 Å².